The molecule has 1 aromatic rings. The highest BCUT2D eigenvalue weighted by Crippen LogP contribution is 2.24. The fourth-order valence-corrected chi connectivity index (χ4v) is 1.36. The van der Waals surface area contributed by atoms with E-state index in [0.717, 1.165) is 13.8 Å². The van der Waals surface area contributed by atoms with Crippen LogP contribution in [0.2, 0.25) is 0 Å². The van der Waals surface area contributed by atoms with E-state index >= 15 is 0 Å². The van der Waals surface area contributed by atoms with Crippen LogP contribution in [0.4, 0.5) is 38.2 Å². The first-order chi connectivity index (χ1) is 11.6. The lowest BCUT2D eigenvalue weighted by atomic mass is 9.98. The number of anilines is 2. The van der Waals surface area contributed by atoms with Crippen LogP contribution in [0.1, 0.15) is 40.4 Å². The summed E-state index contributed by atoms with van der Waals surface area (Å²) in [6, 6.07) is -4.03. The summed E-state index contributed by atoms with van der Waals surface area (Å²) in [6.07, 6.45) is -9.17. The summed E-state index contributed by atoms with van der Waals surface area (Å²) in [7, 11) is 0. The van der Waals surface area contributed by atoms with Crippen molar-refractivity contribution in [2.24, 2.45) is 5.41 Å². The second kappa shape index (κ2) is 7.55. The molecule has 0 aliphatic heterocycles. The minimum Gasteiger partial charge on any atom is -0.343 e. The van der Waals surface area contributed by atoms with Crippen molar-refractivity contribution in [2.75, 3.05) is 10.6 Å². The maximum Gasteiger partial charge on any atom is 0.408 e. The van der Waals surface area contributed by atoms with Crippen molar-refractivity contribution in [3.63, 3.8) is 0 Å². The zero-order valence-corrected chi connectivity index (χ0v) is 14.8. The highest BCUT2D eigenvalue weighted by Gasteiger charge is 2.38. The van der Waals surface area contributed by atoms with Gasteiger partial charge in [0.05, 0.1) is 0 Å². The van der Waals surface area contributed by atoms with Gasteiger partial charge in [0, 0.05) is 5.41 Å². The molecule has 0 saturated heterocycles. The monoisotopic (exact) mass is 383 g/mol. The predicted octanol–water partition coefficient (Wildman–Crippen LogP) is 3.99. The number of hydrogen-bond acceptors (Lipinski definition) is 5. The Balaban J connectivity index is 3.23. The molecule has 0 radical (unpaired) electrons. The normalized spacial score (nSPS) is 14.9. The van der Waals surface area contributed by atoms with E-state index in [2.05, 4.69) is 26.8 Å². The minimum absolute atomic E-state index is 0.247. The molecule has 0 saturated carbocycles. The van der Waals surface area contributed by atoms with Crippen LogP contribution in [0.5, 0.6) is 0 Å². The molecule has 0 aliphatic carbocycles. The Labute approximate surface area is 147 Å². The van der Waals surface area contributed by atoms with E-state index in [1.165, 1.54) is 0 Å². The molecule has 0 aromatic carbocycles. The van der Waals surface area contributed by atoms with Gasteiger partial charge in [0.25, 0.3) is 0 Å². The maximum atomic E-state index is 12.7. The van der Waals surface area contributed by atoms with E-state index in [0.29, 0.717) is 0 Å². The van der Waals surface area contributed by atoms with E-state index in [9.17, 15) is 26.3 Å². The zero-order valence-electron chi connectivity index (χ0n) is 14.8. The number of hydrogen-bond donors (Lipinski definition) is 2. The maximum absolute atomic E-state index is 12.7. The largest absolute Gasteiger partial charge is 0.408 e. The van der Waals surface area contributed by atoms with Gasteiger partial charge < -0.3 is 10.6 Å². The molecule has 0 unspecified atom stereocenters. The van der Waals surface area contributed by atoms with Gasteiger partial charge in [0.15, 0.2) is 0 Å². The Kier molecular flexibility index (Phi) is 6.33. The van der Waals surface area contributed by atoms with Crippen LogP contribution < -0.4 is 10.6 Å². The van der Waals surface area contributed by atoms with Crippen LogP contribution in [0.25, 0.3) is 0 Å². The summed E-state index contributed by atoms with van der Waals surface area (Å²) in [4.78, 5) is 11.0. The highest BCUT2D eigenvalue weighted by atomic mass is 19.4. The zero-order chi connectivity index (χ0) is 20.3. The van der Waals surface area contributed by atoms with E-state index in [-0.39, 0.29) is 5.82 Å². The van der Waals surface area contributed by atoms with Gasteiger partial charge in [-0.1, -0.05) is 5.92 Å². The van der Waals surface area contributed by atoms with E-state index in [4.69, 9.17) is 0 Å². The Morgan fingerprint density at radius 3 is 1.46 bits per heavy atom. The molecule has 0 fully saturated rings. The van der Waals surface area contributed by atoms with Gasteiger partial charge in [0.1, 0.15) is 12.1 Å². The third-order valence-electron chi connectivity index (χ3n) is 2.86. The summed E-state index contributed by atoms with van der Waals surface area (Å²) in [5, 5.41) is 3.99. The van der Waals surface area contributed by atoms with Crippen molar-refractivity contribution in [2.45, 2.75) is 59.1 Å². The first-order valence-electron chi connectivity index (χ1n) is 7.53. The molecular formula is C15H19F6N5. The number of nitrogens with one attached hydrogen (secondary N) is 2. The molecule has 5 nitrogen and oxygen atoms in total. The molecule has 0 aliphatic rings. The third kappa shape index (κ3) is 7.33. The molecule has 0 amide bonds. The summed E-state index contributed by atoms with van der Waals surface area (Å²) >= 11 is 0. The van der Waals surface area contributed by atoms with Crippen molar-refractivity contribution in [1.29, 1.82) is 0 Å². The highest BCUT2D eigenvalue weighted by molar-refractivity contribution is 5.40. The average molecular weight is 383 g/mol. The Hall–Kier alpha value is -2.25. The van der Waals surface area contributed by atoms with E-state index < -0.39 is 41.7 Å². The van der Waals surface area contributed by atoms with Crippen LogP contribution in [0.15, 0.2) is 0 Å². The standard InChI is InChI=1S/C15H19F6N5/c1-8(14(16,17)18)22-11-24-10(6-7-13(3,4)5)25-12(26-11)23-9(2)15(19,20)21/h8-9H,1-5H3,(H2,22,23,24,25,26)/t8-,9-/m1/s1. The van der Waals surface area contributed by atoms with Crippen molar-refractivity contribution in [3.8, 4) is 11.8 Å². The fraction of sp³-hybridized carbons (Fsp3) is 0.667. The average Bonchev–Trinajstić information content (AvgIpc) is 2.42. The summed E-state index contributed by atoms with van der Waals surface area (Å²) in [5.74, 6) is 3.99. The second-order valence-corrected chi connectivity index (χ2v) is 6.62. The molecule has 1 aromatic heterocycles. The predicted molar refractivity (Wildman–Crippen MR) is 84.4 cm³/mol. The molecule has 11 heteroatoms. The van der Waals surface area contributed by atoms with Crippen LogP contribution in [-0.4, -0.2) is 39.4 Å². The van der Waals surface area contributed by atoms with Crippen LogP contribution in [0, 0.1) is 17.3 Å². The molecule has 1 rings (SSSR count). The van der Waals surface area contributed by atoms with Gasteiger partial charge in [-0.15, -0.1) is 0 Å². The van der Waals surface area contributed by atoms with Gasteiger partial charge >= 0.3 is 12.4 Å². The Morgan fingerprint density at radius 2 is 1.15 bits per heavy atom. The summed E-state index contributed by atoms with van der Waals surface area (Å²) < 4.78 is 76.1. The molecular weight excluding hydrogens is 364 g/mol. The first kappa shape index (κ1) is 21.8. The molecule has 2 N–H and O–H groups in total. The summed E-state index contributed by atoms with van der Waals surface area (Å²) in [6.45, 7) is 6.98. The SMILES string of the molecule is C[C@@H](Nc1nc(C#CC(C)(C)C)nc(N[C@H](C)C(F)(F)F)n1)C(F)(F)F. The van der Waals surface area contributed by atoms with Gasteiger partial charge in [-0.2, -0.15) is 41.3 Å². The lowest BCUT2D eigenvalue weighted by molar-refractivity contribution is -0.139. The van der Waals surface area contributed by atoms with Crippen molar-refractivity contribution < 1.29 is 26.3 Å². The first-order valence-corrected chi connectivity index (χ1v) is 7.53. The molecule has 146 valence electrons. The van der Waals surface area contributed by atoms with Crippen LogP contribution in [-0.2, 0) is 0 Å². The molecule has 0 spiro atoms. The van der Waals surface area contributed by atoms with Gasteiger partial charge in [-0.25, -0.2) is 0 Å². The number of alkyl halides is 6. The number of nitrogens with zero attached hydrogens (tertiary/aromatic N) is 3. The Morgan fingerprint density at radius 1 is 0.769 bits per heavy atom. The van der Waals surface area contributed by atoms with Gasteiger partial charge in [-0.05, 0) is 40.5 Å². The second-order valence-electron chi connectivity index (χ2n) is 6.62. The van der Waals surface area contributed by atoms with Gasteiger partial charge in [0.2, 0.25) is 17.7 Å². The van der Waals surface area contributed by atoms with E-state index in [1.54, 1.807) is 20.8 Å². The number of aromatic nitrogens is 3. The molecule has 26 heavy (non-hydrogen) atoms. The van der Waals surface area contributed by atoms with Crippen molar-refractivity contribution in [1.82, 2.24) is 15.0 Å². The van der Waals surface area contributed by atoms with Crippen molar-refractivity contribution in [3.05, 3.63) is 5.82 Å². The number of rotatable bonds is 4. The summed E-state index contributed by atoms with van der Waals surface area (Å²) in [5.41, 5.74) is -0.466. The number of halogens is 6. The molecule has 1 heterocycles. The van der Waals surface area contributed by atoms with Crippen LogP contribution >= 0.6 is 0 Å². The van der Waals surface area contributed by atoms with Gasteiger partial charge in [-0.3, -0.25) is 0 Å². The molecule has 0 bridgehead atoms. The lowest BCUT2D eigenvalue weighted by Gasteiger charge is -2.19. The molecule has 2 atom stereocenters. The topological polar surface area (TPSA) is 62.7 Å². The Bertz CT molecular complexity index is 641. The van der Waals surface area contributed by atoms with Crippen LogP contribution in [0.3, 0.4) is 0 Å². The van der Waals surface area contributed by atoms with Crippen molar-refractivity contribution >= 4 is 11.9 Å². The van der Waals surface area contributed by atoms with E-state index in [1.807, 2.05) is 10.6 Å². The minimum atomic E-state index is -4.59. The lowest BCUT2D eigenvalue weighted by Crippen LogP contribution is -2.35. The smallest absolute Gasteiger partial charge is 0.343 e. The fourth-order valence-electron chi connectivity index (χ4n) is 1.36. The third-order valence-corrected chi connectivity index (χ3v) is 2.86. The quantitative estimate of drug-likeness (QED) is 0.608.